The lowest BCUT2D eigenvalue weighted by atomic mass is 10.0. The van der Waals surface area contributed by atoms with Crippen molar-refractivity contribution in [2.45, 2.75) is 17.7 Å². The number of halogens is 1. The molecule has 0 radical (unpaired) electrons. The van der Waals surface area contributed by atoms with Crippen LogP contribution in [0.4, 0.5) is 0 Å². The third-order valence-corrected chi connectivity index (χ3v) is 4.82. The molecule has 2 rings (SSSR count). The largest absolute Gasteiger partial charge is 0.496 e. The fraction of sp³-hybridized carbons (Fsp3) is 0.235. The highest BCUT2D eigenvalue weighted by Gasteiger charge is 2.14. The topological polar surface area (TPSA) is 95.7 Å². The quantitative estimate of drug-likeness (QED) is 0.791. The molecule has 0 fully saturated rings. The summed E-state index contributed by atoms with van der Waals surface area (Å²) in [6, 6.07) is 9.16. The Balaban J connectivity index is 2.14. The molecule has 6 nitrogen and oxygen atoms in total. The normalized spacial score (nSPS) is 11.2. The number of primary sulfonamides is 1. The van der Waals surface area contributed by atoms with Crippen molar-refractivity contribution >= 4 is 27.4 Å². The molecule has 0 amide bonds. The average Bonchev–Trinajstić information content (AvgIpc) is 2.54. The summed E-state index contributed by atoms with van der Waals surface area (Å²) in [4.78, 5) is 12.3. The molecule has 0 aliphatic heterocycles. The van der Waals surface area contributed by atoms with Crippen molar-refractivity contribution < 1.29 is 22.7 Å². The van der Waals surface area contributed by atoms with Crippen molar-refractivity contribution in [2.24, 2.45) is 5.14 Å². The van der Waals surface area contributed by atoms with E-state index in [1.54, 1.807) is 24.3 Å². The minimum Gasteiger partial charge on any atom is -0.496 e. The molecule has 0 saturated carbocycles. The lowest BCUT2D eigenvalue weighted by Crippen LogP contribution is -2.12. The van der Waals surface area contributed by atoms with Gasteiger partial charge in [-0.3, -0.25) is 4.79 Å². The number of benzene rings is 2. The average molecular weight is 384 g/mol. The maximum absolute atomic E-state index is 12.3. The van der Waals surface area contributed by atoms with Gasteiger partial charge in [-0.15, -0.1) is 0 Å². The number of sulfonamides is 1. The zero-order valence-corrected chi connectivity index (χ0v) is 15.4. The van der Waals surface area contributed by atoms with Gasteiger partial charge in [-0.1, -0.05) is 23.7 Å². The predicted octanol–water partition coefficient (Wildman–Crippen LogP) is 2.36. The van der Waals surface area contributed by atoms with E-state index in [4.69, 9.17) is 26.2 Å². The molecule has 2 aromatic rings. The molecule has 0 aliphatic rings. The van der Waals surface area contributed by atoms with Crippen molar-refractivity contribution in [1.29, 1.82) is 0 Å². The highest BCUT2D eigenvalue weighted by Crippen LogP contribution is 2.33. The van der Waals surface area contributed by atoms with Gasteiger partial charge in [0.05, 0.1) is 24.1 Å². The predicted molar refractivity (Wildman–Crippen MR) is 94.8 cm³/mol. The summed E-state index contributed by atoms with van der Waals surface area (Å²) < 4.78 is 32.9. The first-order chi connectivity index (χ1) is 11.7. The van der Waals surface area contributed by atoms with Crippen molar-refractivity contribution in [3.8, 4) is 11.5 Å². The van der Waals surface area contributed by atoms with E-state index < -0.39 is 10.0 Å². The molecule has 0 saturated heterocycles. The fourth-order valence-corrected chi connectivity index (χ4v) is 3.14. The summed E-state index contributed by atoms with van der Waals surface area (Å²) >= 11 is 6.10. The third kappa shape index (κ3) is 4.94. The van der Waals surface area contributed by atoms with Gasteiger partial charge < -0.3 is 9.47 Å². The molecular formula is C17H18ClNO5S. The highest BCUT2D eigenvalue weighted by molar-refractivity contribution is 7.89. The Hall–Kier alpha value is -2.09. The number of nitrogens with two attached hydrogens (primary N) is 1. The van der Waals surface area contributed by atoms with Crippen LogP contribution in [-0.4, -0.2) is 28.4 Å². The van der Waals surface area contributed by atoms with Crippen LogP contribution in [0, 0.1) is 0 Å². The lowest BCUT2D eigenvalue weighted by Gasteiger charge is -2.12. The minimum atomic E-state index is -3.74. The molecule has 2 aromatic carbocycles. The maximum atomic E-state index is 12.3. The zero-order valence-electron chi connectivity index (χ0n) is 13.8. The number of carbonyl (C=O) groups excluding carboxylic acids is 1. The van der Waals surface area contributed by atoms with Crippen LogP contribution in [0.3, 0.4) is 0 Å². The number of ether oxygens (including phenoxy) is 2. The second-order valence-electron chi connectivity index (χ2n) is 5.38. The number of hydrogen-bond acceptors (Lipinski definition) is 5. The highest BCUT2D eigenvalue weighted by atomic mass is 35.5. The fourth-order valence-electron chi connectivity index (χ4n) is 2.36. The van der Waals surface area contributed by atoms with Crippen molar-refractivity contribution in [3.05, 3.63) is 52.5 Å². The van der Waals surface area contributed by atoms with Gasteiger partial charge in [0, 0.05) is 24.5 Å². The van der Waals surface area contributed by atoms with Crippen molar-refractivity contribution in [3.63, 3.8) is 0 Å². The van der Waals surface area contributed by atoms with Gasteiger partial charge in [0.2, 0.25) is 10.0 Å². The second-order valence-corrected chi connectivity index (χ2v) is 7.35. The van der Waals surface area contributed by atoms with Crippen LogP contribution < -0.4 is 14.6 Å². The summed E-state index contributed by atoms with van der Waals surface area (Å²) in [7, 11) is -0.746. The minimum absolute atomic E-state index is 0.00676. The summed E-state index contributed by atoms with van der Waals surface area (Å²) in [6.45, 7) is 0. The van der Waals surface area contributed by atoms with E-state index >= 15 is 0 Å². The van der Waals surface area contributed by atoms with E-state index in [0.29, 0.717) is 27.6 Å². The standard InChI is InChI=1S/C17H18ClNO5S/c1-23-16-10-17(24-2)15(18)9-12(16)8-13(20)7-11-3-5-14(6-4-11)25(19,21)22/h3-6,9-10H,7-8H2,1-2H3,(H2,19,21,22). The molecule has 134 valence electrons. The van der Waals surface area contributed by atoms with Crippen molar-refractivity contribution in [2.75, 3.05) is 14.2 Å². The summed E-state index contributed by atoms with van der Waals surface area (Å²) in [6.07, 6.45) is 0.279. The number of ketones is 1. The molecular weight excluding hydrogens is 366 g/mol. The van der Waals surface area contributed by atoms with Crippen LogP contribution in [0.5, 0.6) is 11.5 Å². The van der Waals surface area contributed by atoms with E-state index in [9.17, 15) is 13.2 Å². The van der Waals surface area contributed by atoms with Crippen LogP contribution in [-0.2, 0) is 27.7 Å². The van der Waals surface area contributed by atoms with Crippen LogP contribution in [0.25, 0.3) is 0 Å². The Morgan fingerprint density at radius 1 is 1.04 bits per heavy atom. The smallest absolute Gasteiger partial charge is 0.238 e. The first kappa shape index (κ1) is 19.2. The number of hydrogen-bond donors (Lipinski definition) is 1. The number of rotatable bonds is 7. The molecule has 0 heterocycles. The van der Waals surface area contributed by atoms with E-state index in [2.05, 4.69) is 0 Å². The van der Waals surface area contributed by atoms with Gasteiger partial charge in [-0.05, 0) is 23.8 Å². The summed E-state index contributed by atoms with van der Waals surface area (Å²) in [5.41, 5.74) is 1.34. The van der Waals surface area contributed by atoms with Gasteiger partial charge in [0.1, 0.15) is 17.3 Å². The van der Waals surface area contributed by atoms with Gasteiger partial charge in [0.25, 0.3) is 0 Å². The summed E-state index contributed by atoms with van der Waals surface area (Å²) in [5.74, 6) is 0.912. The molecule has 0 aromatic heterocycles. The molecule has 0 bridgehead atoms. The molecule has 25 heavy (non-hydrogen) atoms. The van der Waals surface area contributed by atoms with E-state index in [-0.39, 0.29) is 23.5 Å². The van der Waals surface area contributed by atoms with Crippen LogP contribution in [0.15, 0.2) is 41.3 Å². The number of Topliss-reactive ketones (excluding diaryl/α,β-unsaturated/α-hetero) is 1. The summed E-state index contributed by atoms with van der Waals surface area (Å²) in [5, 5.41) is 5.44. The van der Waals surface area contributed by atoms with Gasteiger partial charge in [0.15, 0.2) is 0 Å². The zero-order chi connectivity index (χ0) is 18.6. The number of methoxy groups -OCH3 is 2. The van der Waals surface area contributed by atoms with Gasteiger partial charge in [-0.25, -0.2) is 13.6 Å². The Labute approximate surface area is 151 Å². The van der Waals surface area contributed by atoms with Crippen LogP contribution >= 0.6 is 11.6 Å². The first-order valence-corrected chi connectivity index (χ1v) is 9.21. The molecule has 0 spiro atoms. The molecule has 0 unspecified atom stereocenters. The van der Waals surface area contributed by atoms with Crippen LogP contribution in [0.2, 0.25) is 5.02 Å². The SMILES string of the molecule is COc1cc(OC)c(CC(=O)Cc2ccc(S(N)(=O)=O)cc2)cc1Cl. The monoisotopic (exact) mass is 383 g/mol. The van der Waals surface area contributed by atoms with E-state index in [1.807, 2.05) is 0 Å². The van der Waals surface area contributed by atoms with Crippen LogP contribution in [0.1, 0.15) is 11.1 Å². The first-order valence-electron chi connectivity index (χ1n) is 7.28. The maximum Gasteiger partial charge on any atom is 0.238 e. The third-order valence-electron chi connectivity index (χ3n) is 3.60. The Kier molecular flexibility index (Phi) is 6.05. The molecule has 0 atom stereocenters. The van der Waals surface area contributed by atoms with Gasteiger partial charge in [-0.2, -0.15) is 0 Å². The lowest BCUT2D eigenvalue weighted by molar-refractivity contribution is -0.117. The molecule has 0 aliphatic carbocycles. The molecule has 8 heteroatoms. The Bertz CT molecular complexity index is 879. The van der Waals surface area contributed by atoms with E-state index in [0.717, 1.165) is 0 Å². The van der Waals surface area contributed by atoms with E-state index in [1.165, 1.54) is 26.4 Å². The number of carbonyl (C=O) groups is 1. The van der Waals surface area contributed by atoms with Gasteiger partial charge >= 0.3 is 0 Å². The molecule has 2 N–H and O–H groups in total. The Morgan fingerprint density at radius 2 is 1.64 bits per heavy atom. The Morgan fingerprint density at radius 3 is 2.16 bits per heavy atom. The van der Waals surface area contributed by atoms with Crippen molar-refractivity contribution in [1.82, 2.24) is 0 Å². The second kappa shape index (κ2) is 7.86.